The largest absolute Gasteiger partial charge is 0.393 e. The van der Waals surface area contributed by atoms with Crippen LogP contribution in [0.25, 0.3) is 5.57 Å². The lowest BCUT2D eigenvalue weighted by Crippen LogP contribution is -2.53. The van der Waals surface area contributed by atoms with E-state index in [-0.39, 0.29) is 54.1 Å². The molecule has 17 nitrogen and oxygen atoms in total. The number of carbonyl (C=O) groups excluding carboxylic acids is 5. The minimum atomic E-state index is -2.76. The van der Waals surface area contributed by atoms with Gasteiger partial charge in [-0.3, -0.25) is 34.2 Å². The monoisotopic (exact) mass is 929 g/mol. The molecule has 362 valence electrons. The maximum Gasteiger partial charge on any atom is 0.264 e. The van der Waals surface area contributed by atoms with Crippen molar-refractivity contribution in [2.24, 2.45) is 5.73 Å². The standard InChI is InChI=1S/C48H66F2N12O5/c1-31(63)61-19-14-40(39(29-61)47(52)62-16-4-6-32-24-37(33(27-51)28-53-2)38(46(49)50)26-42(32)62)54-34-12-17-60(18-13-34)45(66)9-5-15-58-20-22-59(23-21-58)30-44(65)56-36-8-3-7-35(25-36)55-41-10-11-43(64)57-48(41)67/h3,7-8,24-28,34,41,46-47,51,53-55H,4-6,9-23,29-30,52H2,1-2H3,(H,56,65)(H,57,64,67)/b33-28+,51-27?. The lowest BCUT2D eigenvalue weighted by Gasteiger charge is -2.42. The topological polar surface area (TPSA) is 212 Å². The van der Waals surface area contributed by atoms with Gasteiger partial charge < -0.3 is 52.0 Å². The molecule has 19 heteroatoms. The maximum absolute atomic E-state index is 14.6. The number of anilines is 3. The van der Waals surface area contributed by atoms with Gasteiger partial charge >= 0.3 is 0 Å². The van der Waals surface area contributed by atoms with E-state index in [1.54, 1.807) is 49.3 Å². The van der Waals surface area contributed by atoms with E-state index in [4.69, 9.17) is 11.1 Å². The molecule has 5 aliphatic rings. The van der Waals surface area contributed by atoms with Crippen molar-refractivity contribution < 1.29 is 32.8 Å². The number of fused-ring (bicyclic) bond motifs is 1. The molecule has 0 saturated carbocycles. The number of imide groups is 1. The lowest BCUT2D eigenvalue weighted by atomic mass is 9.91. The van der Waals surface area contributed by atoms with Crippen LogP contribution in [0, 0.1) is 5.41 Å². The molecule has 5 heterocycles. The summed E-state index contributed by atoms with van der Waals surface area (Å²) in [6, 6.07) is 10.1. The first-order chi connectivity index (χ1) is 32.3. The first kappa shape index (κ1) is 49.0. The Labute approximate surface area is 391 Å². The molecule has 7 rings (SSSR count). The Morgan fingerprint density at radius 3 is 2.36 bits per heavy atom. The number of nitrogens with zero attached hydrogens (tertiary/aromatic N) is 5. The maximum atomic E-state index is 14.6. The van der Waals surface area contributed by atoms with Crippen molar-refractivity contribution in [3.63, 3.8) is 0 Å². The minimum absolute atomic E-state index is 0.0548. The number of likely N-dealkylation sites (tertiary alicyclic amines) is 1. The third-order valence-corrected chi connectivity index (χ3v) is 13.6. The molecule has 8 N–H and O–H groups in total. The first-order valence-corrected chi connectivity index (χ1v) is 23.6. The highest BCUT2D eigenvalue weighted by molar-refractivity contribution is 6.09. The molecular weight excluding hydrogens is 863 g/mol. The number of hydrogen-bond acceptors (Lipinski definition) is 13. The van der Waals surface area contributed by atoms with E-state index >= 15 is 0 Å². The normalized spacial score (nSPS) is 20.6. The smallest absolute Gasteiger partial charge is 0.264 e. The number of alkyl halides is 2. The number of piperidine rings is 2. The predicted molar refractivity (Wildman–Crippen MR) is 254 cm³/mol. The SMILES string of the molecule is CN/C=C(\C=N)c1cc2c(cc1C(F)F)N(C(N)C1=C(NC3CCN(C(=O)CCCN4CCN(CC(=O)Nc5cccc(NC6CCC(=O)NC6=O)c5)CC4)CC3)CCN(C(C)=O)C1)CCC2. The van der Waals surface area contributed by atoms with Gasteiger partial charge in [0.2, 0.25) is 29.5 Å². The summed E-state index contributed by atoms with van der Waals surface area (Å²) < 4.78 is 29.1. The van der Waals surface area contributed by atoms with Gasteiger partial charge in [0, 0.05) is 150 Å². The van der Waals surface area contributed by atoms with Gasteiger partial charge in [0.15, 0.2) is 0 Å². The predicted octanol–water partition coefficient (Wildman–Crippen LogP) is 3.21. The number of halogens is 2. The number of aryl methyl sites for hydroxylation is 1. The first-order valence-electron chi connectivity index (χ1n) is 23.6. The Morgan fingerprint density at radius 1 is 0.910 bits per heavy atom. The van der Waals surface area contributed by atoms with Gasteiger partial charge in [0.05, 0.1) is 6.54 Å². The molecule has 0 bridgehead atoms. The van der Waals surface area contributed by atoms with Crippen LogP contribution in [0.5, 0.6) is 0 Å². The van der Waals surface area contributed by atoms with E-state index in [0.29, 0.717) is 86.6 Å². The van der Waals surface area contributed by atoms with Crippen molar-refractivity contribution >= 4 is 58.4 Å². The van der Waals surface area contributed by atoms with Crippen molar-refractivity contribution in [2.45, 2.75) is 89.4 Å². The molecule has 0 radical (unpaired) electrons. The van der Waals surface area contributed by atoms with Crippen LogP contribution in [0.3, 0.4) is 0 Å². The van der Waals surface area contributed by atoms with Crippen molar-refractivity contribution in [3.05, 3.63) is 70.6 Å². The van der Waals surface area contributed by atoms with Crippen LogP contribution in [0.4, 0.5) is 25.8 Å². The molecule has 3 fully saturated rings. The third-order valence-electron chi connectivity index (χ3n) is 13.6. The number of hydrogen-bond donors (Lipinski definition) is 7. The summed E-state index contributed by atoms with van der Waals surface area (Å²) in [4.78, 5) is 72.7. The molecule has 2 atom stereocenters. The van der Waals surface area contributed by atoms with Crippen molar-refractivity contribution in [1.29, 1.82) is 5.41 Å². The van der Waals surface area contributed by atoms with Crippen LogP contribution in [0.1, 0.15) is 81.4 Å². The Hall–Kier alpha value is -5.92. The number of piperazine rings is 1. The second-order valence-electron chi connectivity index (χ2n) is 18.1. The molecule has 67 heavy (non-hydrogen) atoms. The van der Waals surface area contributed by atoms with Gasteiger partial charge in [-0.25, -0.2) is 8.78 Å². The molecule has 0 spiro atoms. The molecule has 5 aliphatic heterocycles. The van der Waals surface area contributed by atoms with Crippen LogP contribution in [0.15, 0.2) is 53.9 Å². The zero-order valence-corrected chi connectivity index (χ0v) is 38.7. The molecule has 3 saturated heterocycles. The average molecular weight is 929 g/mol. The van der Waals surface area contributed by atoms with E-state index < -0.39 is 18.6 Å². The summed E-state index contributed by atoms with van der Waals surface area (Å²) in [5, 5.41) is 22.9. The van der Waals surface area contributed by atoms with Crippen molar-refractivity contribution in [3.8, 4) is 0 Å². The molecule has 2 aromatic rings. The zero-order chi connectivity index (χ0) is 47.6. The third kappa shape index (κ3) is 12.5. The number of nitrogens with two attached hydrogens (primary N) is 1. The van der Waals surface area contributed by atoms with E-state index in [1.165, 1.54) is 6.07 Å². The molecule has 5 amide bonds. The van der Waals surface area contributed by atoms with E-state index in [9.17, 15) is 32.8 Å². The van der Waals surface area contributed by atoms with Crippen LogP contribution >= 0.6 is 0 Å². The van der Waals surface area contributed by atoms with E-state index in [0.717, 1.165) is 81.5 Å². The Balaban J connectivity index is 0.861. The Bertz CT molecular complexity index is 2220. The zero-order valence-electron chi connectivity index (χ0n) is 38.7. The average Bonchev–Trinajstić information content (AvgIpc) is 3.31. The Kier molecular flexibility index (Phi) is 16.6. The fourth-order valence-electron chi connectivity index (χ4n) is 9.86. The quantitative estimate of drug-likeness (QED) is 0.0902. The summed E-state index contributed by atoms with van der Waals surface area (Å²) in [6.45, 7) is 8.39. The second-order valence-corrected chi connectivity index (χ2v) is 18.1. The molecule has 2 unspecified atom stereocenters. The lowest BCUT2D eigenvalue weighted by molar-refractivity contribution is -0.134. The van der Waals surface area contributed by atoms with Crippen LogP contribution in [-0.2, 0) is 30.4 Å². The van der Waals surface area contributed by atoms with Crippen LogP contribution in [0.2, 0.25) is 0 Å². The molecule has 2 aromatic carbocycles. The van der Waals surface area contributed by atoms with Crippen molar-refractivity contribution in [2.75, 3.05) is 94.6 Å². The van der Waals surface area contributed by atoms with Crippen LogP contribution in [-0.4, -0.2) is 153 Å². The second kappa shape index (κ2) is 22.7. The van der Waals surface area contributed by atoms with Gasteiger partial charge in [0.1, 0.15) is 12.2 Å². The highest BCUT2D eigenvalue weighted by Gasteiger charge is 2.34. The highest BCUT2D eigenvalue weighted by Crippen LogP contribution is 2.38. The van der Waals surface area contributed by atoms with Gasteiger partial charge in [-0.15, -0.1) is 0 Å². The number of allylic oxidation sites excluding steroid dienone is 1. The summed E-state index contributed by atoms with van der Waals surface area (Å²) >= 11 is 0. The summed E-state index contributed by atoms with van der Waals surface area (Å²) in [6.07, 6.45) is 4.67. The van der Waals surface area contributed by atoms with Gasteiger partial charge in [-0.2, -0.15) is 0 Å². The highest BCUT2D eigenvalue weighted by atomic mass is 19.3. The summed E-state index contributed by atoms with van der Waals surface area (Å²) in [5.41, 5.74) is 12.3. The number of rotatable bonds is 17. The van der Waals surface area contributed by atoms with E-state index in [1.807, 2.05) is 15.9 Å². The number of carbonyl (C=O) groups is 5. The fraction of sp³-hybridized carbons (Fsp3) is 0.542. The van der Waals surface area contributed by atoms with Gasteiger partial charge in [-0.1, -0.05) is 6.07 Å². The minimum Gasteiger partial charge on any atom is -0.393 e. The van der Waals surface area contributed by atoms with Gasteiger partial charge in [-0.05, 0) is 86.5 Å². The van der Waals surface area contributed by atoms with Crippen LogP contribution < -0.4 is 37.2 Å². The Morgan fingerprint density at radius 2 is 1.66 bits per heavy atom. The van der Waals surface area contributed by atoms with Crippen molar-refractivity contribution in [1.82, 2.24) is 35.6 Å². The molecule has 0 aromatic heterocycles. The number of benzene rings is 2. The van der Waals surface area contributed by atoms with E-state index in [2.05, 4.69) is 36.4 Å². The number of nitrogens with one attached hydrogen (secondary N) is 6. The fourth-order valence-corrected chi connectivity index (χ4v) is 9.86. The molecular formula is C48H66F2N12O5. The summed E-state index contributed by atoms with van der Waals surface area (Å²) in [5.74, 6) is -0.664. The van der Waals surface area contributed by atoms with Gasteiger partial charge in [0.25, 0.3) is 6.43 Å². The molecule has 0 aliphatic carbocycles. The summed E-state index contributed by atoms with van der Waals surface area (Å²) in [7, 11) is 1.67. The number of amides is 5.